The summed E-state index contributed by atoms with van der Waals surface area (Å²) >= 11 is 1.59. The summed E-state index contributed by atoms with van der Waals surface area (Å²) in [6.07, 6.45) is 0. The fourth-order valence-corrected chi connectivity index (χ4v) is 4.28. The summed E-state index contributed by atoms with van der Waals surface area (Å²) in [5.74, 6) is -1.42. The minimum absolute atomic E-state index is 0.366. The summed E-state index contributed by atoms with van der Waals surface area (Å²) in [5, 5.41) is 2.59. The lowest BCUT2D eigenvalue weighted by Crippen LogP contribution is -2.41. The summed E-state index contributed by atoms with van der Waals surface area (Å²) in [5.41, 5.74) is 1.94. The van der Waals surface area contributed by atoms with Crippen molar-refractivity contribution in [1.29, 1.82) is 0 Å². The monoisotopic (exact) mass is 432 g/mol. The highest BCUT2D eigenvalue weighted by molar-refractivity contribution is 7.99. The molecule has 156 valence electrons. The minimum Gasteiger partial charge on any atom is -0.454 e. The Labute approximate surface area is 184 Å². The van der Waals surface area contributed by atoms with Gasteiger partial charge in [0.1, 0.15) is 6.04 Å². The molecule has 0 spiro atoms. The highest BCUT2D eigenvalue weighted by Crippen LogP contribution is 2.47. The van der Waals surface area contributed by atoms with E-state index >= 15 is 0 Å². The van der Waals surface area contributed by atoms with Crippen molar-refractivity contribution >= 4 is 40.9 Å². The second kappa shape index (κ2) is 9.06. The van der Waals surface area contributed by atoms with Gasteiger partial charge < -0.3 is 10.1 Å². The second-order valence-corrected chi connectivity index (χ2v) is 8.02. The molecule has 0 saturated carbocycles. The number of benzene rings is 3. The van der Waals surface area contributed by atoms with E-state index < -0.39 is 18.6 Å². The molecule has 0 saturated heterocycles. The summed E-state index contributed by atoms with van der Waals surface area (Å²) in [4.78, 5) is 41.1. The van der Waals surface area contributed by atoms with Gasteiger partial charge in [-0.1, -0.05) is 54.2 Å². The molecule has 7 heteroatoms. The Hall–Kier alpha value is -3.58. The molecule has 0 fully saturated rings. The van der Waals surface area contributed by atoms with E-state index in [1.807, 2.05) is 48.5 Å². The number of hydrogen-bond donors (Lipinski definition) is 1. The maximum Gasteiger partial charge on any atom is 0.328 e. The zero-order chi connectivity index (χ0) is 21.8. The molecule has 1 atom stereocenters. The molecule has 1 aliphatic heterocycles. The Morgan fingerprint density at radius 2 is 1.42 bits per heavy atom. The third-order valence-corrected chi connectivity index (χ3v) is 5.89. The zero-order valence-electron chi connectivity index (χ0n) is 16.8. The van der Waals surface area contributed by atoms with Crippen LogP contribution in [0, 0.1) is 0 Å². The predicted octanol–water partition coefficient (Wildman–Crippen LogP) is 4.18. The number of carbonyl (C=O) groups is 3. The maximum atomic E-state index is 13.0. The van der Waals surface area contributed by atoms with Crippen LogP contribution in [0.3, 0.4) is 0 Å². The normalized spacial score (nSPS) is 12.9. The predicted molar refractivity (Wildman–Crippen MR) is 118 cm³/mol. The van der Waals surface area contributed by atoms with Crippen LogP contribution >= 0.6 is 11.8 Å². The Morgan fingerprint density at radius 3 is 2.03 bits per heavy atom. The van der Waals surface area contributed by atoms with Crippen molar-refractivity contribution in [3.05, 3.63) is 84.4 Å². The number of ether oxygens (including phenoxy) is 1. The van der Waals surface area contributed by atoms with Gasteiger partial charge in [-0.3, -0.25) is 14.5 Å². The molecule has 0 aliphatic carbocycles. The van der Waals surface area contributed by atoms with E-state index in [2.05, 4.69) is 5.32 Å². The molecule has 6 nitrogen and oxygen atoms in total. The largest absolute Gasteiger partial charge is 0.454 e. The Kier molecular flexibility index (Phi) is 6.04. The zero-order valence-corrected chi connectivity index (χ0v) is 17.6. The topological polar surface area (TPSA) is 75.7 Å². The smallest absolute Gasteiger partial charge is 0.328 e. The van der Waals surface area contributed by atoms with E-state index in [4.69, 9.17) is 4.74 Å². The number of nitrogens with one attached hydrogen (secondary N) is 1. The van der Waals surface area contributed by atoms with E-state index in [1.165, 1.54) is 6.92 Å². The minimum atomic E-state index is -0.892. The number of esters is 1. The number of para-hydroxylation sites is 2. The highest BCUT2D eigenvalue weighted by Gasteiger charge is 2.29. The molecule has 0 radical (unpaired) electrons. The lowest BCUT2D eigenvalue weighted by molar-refractivity contribution is -0.149. The van der Waals surface area contributed by atoms with Crippen molar-refractivity contribution in [3.8, 4) is 0 Å². The maximum absolute atomic E-state index is 13.0. The standard InChI is InChI=1S/C24H20N2O4S/c1-16(25-23(28)17-9-3-2-4-10-17)24(29)30-15-22(27)26-18-11-5-7-13-20(18)31-21-14-8-6-12-19(21)26/h2-14,16H,15H2,1H3,(H,25,28)/t16-/m0/s1. The van der Waals surface area contributed by atoms with E-state index in [0.29, 0.717) is 5.56 Å². The van der Waals surface area contributed by atoms with Crippen LogP contribution in [0.1, 0.15) is 17.3 Å². The van der Waals surface area contributed by atoms with Gasteiger partial charge >= 0.3 is 5.97 Å². The van der Waals surface area contributed by atoms with E-state index in [9.17, 15) is 14.4 Å². The molecule has 1 N–H and O–H groups in total. The van der Waals surface area contributed by atoms with Gasteiger partial charge in [-0.2, -0.15) is 0 Å². The van der Waals surface area contributed by atoms with Crippen LogP contribution in [0.5, 0.6) is 0 Å². The average molecular weight is 433 g/mol. The first-order valence-electron chi connectivity index (χ1n) is 9.76. The van der Waals surface area contributed by atoms with Crippen LogP contribution in [0.25, 0.3) is 0 Å². The number of rotatable bonds is 5. The first kappa shape index (κ1) is 20.7. The molecule has 4 rings (SSSR count). The summed E-state index contributed by atoms with van der Waals surface area (Å²) in [6, 6.07) is 22.9. The molecule has 0 unspecified atom stereocenters. The van der Waals surface area contributed by atoms with Crippen LogP contribution in [0.15, 0.2) is 88.7 Å². The molecular weight excluding hydrogens is 412 g/mol. The molecule has 31 heavy (non-hydrogen) atoms. The third-order valence-electron chi connectivity index (χ3n) is 4.76. The molecule has 0 aromatic heterocycles. The van der Waals surface area contributed by atoms with Crippen LogP contribution < -0.4 is 10.2 Å². The molecule has 3 aromatic carbocycles. The number of carbonyl (C=O) groups excluding carboxylic acids is 3. The average Bonchev–Trinajstić information content (AvgIpc) is 2.81. The first-order chi connectivity index (χ1) is 15.0. The summed E-state index contributed by atoms with van der Waals surface area (Å²) in [7, 11) is 0. The highest BCUT2D eigenvalue weighted by atomic mass is 32.2. The van der Waals surface area contributed by atoms with Crippen molar-refractivity contribution in [2.24, 2.45) is 0 Å². The molecule has 2 amide bonds. The molecule has 1 heterocycles. The first-order valence-corrected chi connectivity index (χ1v) is 10.6. The third kappa shape index (κ3) is 4.46. The van der Waals surface area contributed by atoms with Gasteiger partial charge in [-0.15, -0.1) is 0 Å². The van der Waals surface area contributed by atoms with Gasteiger partial charge in [0.25, 0.3) is 11.8 Å². The lowest BCUT2D eigenvalue weighted by atomic mass is 10.2. The summed E-state index contributed by atoms with van der Waals surface area (Å²) in [6.45, 7) is 1.09. The van der Waals surface area contributed by atoms with E-state index in [1.54, 1.807) is 47.0 Å². The van der Waals surface area contributed by atoms with Crippen LogP contribution in [0.4, 0.5) is 11.4 Å². The van der Waals surface area contributed by atoms with Gasteiger partial charge in [0.05, 0.1) is 11.4 Å². The number of amides is 2. The Bertz CT molecular complexity index is 1090. The van der Waals surface area contributed by atoms with Crippen molar-refractivity contribution in [1.82, 2.24) is 5.32 Å². The second-order valence-electron chi connectivity index (χ2n) is 6.94. The molecule has 1 aliphatic rings. The van der Waals surface area contributed by atoms with Crippen LogP contribution in [0.2, 0.25) is 0 Å². The number of fused-ring (bicyclic) bond motifs is 2. The molecule has 0 bridgehead atoms. The molecular formula is C24H20N2O4S. The van der Waals surface area contributed by atoms with Crippen LogP contribution in [-0.4, -0.2) is 30.4 Å². The van der Waals surface area contributed by atoms with Crippen molar-refractivity contribution in [2.45, 2.75) is 22.8 Å². The van der Waals surface area contributed by atoms with E-state index in [0.717, 1.165) is 21.2 Å². The lowest BCUT2D eigenvalue weighted by Gasteiger charge is -2.30. The van der Waals surface area contributed by atoms with Crippen molar-refractivity contribution < 1.29 is 19.1 Å². The quantitative estimate of drug-likeness (QED) is 0.612. The van der Waals surface area contributed by atoms with Gasteiger partial charge in [-0.25, -0.2) is 4.79 Å². The number of nitrogens with zero attached hydrogens (tertiary/aromatic N) is 1. The number of anilines is 2. The van der Waals surface area contributed by atoms with Gasteiger partial charge in [0.2, 0.25) is 0 Å². The Balaban J connectivity index is 1.43. The van der Waals surface area contributed by atoms with Gasteiger partial charge in [-0.05, 0) is 43.3 Å². The van der Waals surface area contributed by atoms with Crippen molar-refractivity contribution in [3.63, 3.8) is 0 Å². The Morgan fingerprint density at radius 1 is 0.871 bits per heavy atom. The number of hydrogen-bond acceptors (Lipinski definition) is 5. The fourth-order valence-electron chi connectivity index (χ4n) is 3.22. The molecule has 3 aromatic rings. The van der Waals surface area contributed by atoms with Gasteiger partial charge in [0.15, 0.2) is 6.61 Å². The van der Waals surface area contributed by atoms with Crippen LogP contribution in [-0.2, 0) is 14.3 Å². The SMILES string of the molecule is C[C@H](NC(=O)c1ccccc1)C(=O)OCC(=O)N1c2ccccc2Sc2ccccc21. The fraction of sp³-hybridized carbons (Fsp3) is 0.125. The van der Waals surface area contributed by atoms with Gasteiger partial charge in [0, 0.05) is 15.4 Å². The summed E-state index contributed by atoms with van der Waals surface area (Å²) < 4.78 is 5.23. The van der Waals surface area contributed by atoms with E-state index in [-0.39, 0.29) is 11.8 Å². The van der Waals surface area contributed by atoms with Crippen molar-refractivity contribution in [2.75, 3.05) is 11.5 Å².